The number of carbonyl (C=O) groups is 1. The van der Waals surface area contributed by atoms with Gasteiger partial charge >= 0.3 is 6.18 Å². The predicted octanol–water partition coefficient (Wildman–Crippen LogP) is 8.66. The molecule has 1 aliphatic heterocycles. The standard InChI is InChI=1S/C40H43F5N6O5S/c1-5-57(53,54)50-30-15-14-27(41)17-26(30)22-46-37-35-32(51(34-13-9-10-16-55-34)49-36(35)38(52)48-39(2,3)4)20-31(47-37)28-19-29(42)33(18-25(28)21-40(43,44)45)56-23-24-11-7-6-8-12-24/h6-8,11-12,14-15,17-20,34,50H,5,9-10,13,16,21-23H2,1-4H3,(H,46,47)(H,48,52). The van der Waals surface area contributed by atoms with E-state index in [1.807, 2.05) is 0 Å². The van der Waals surface area contributed by atoms with E-state index in [-0.39, 0.29) is 69.4 Å². The molecule has 0 spiro atoms. The maximum Gasteiger partial charge on any atom is 0.393 e. The molecule has 3 aromatic carbocycles. The largest absolute Gasteiger partial charge is 0.486 e. The summed E-state index contributed by atoms with van der Waals surface area (Å²) in [6.45, 7) is 6.78. The van der Waals surface area contributed by atoms with Crippen LogP contribution in [0.25, 0.3) is 22.2 Å². The first-order valence-electron chi connectivity index (χ1n) is 18.4. The minimum absolute atomic E-state index is 0.0655. The van der Waals surface area contributed by atoms with E-state index in [2.05, 4.69) is 25.4 Å². The van der Waals surface area contributed by atoms with Crippen LogP contribution in [-0.2, 0) is 34.3 Å². The van der Waals surface area contributed by atoms with E-state index in [4.69, 9.17) is 9.47 Å². The number of carbonyl (C=O) groups excluding carboxylic acids is 1. The van der Waals surface area contributed by atoms with Crippen molar-refractivity contribution in [1.29, 1.82) is 0 Å². The van der Waals surface area contributed by atoms with Gasteiger partial charge in [-0.25, -0.2) is 26.9 Å². The molecule has 1 amide bonds. The molecule has 1 aliphatic rings. The number of fused-ring (bicyclic) bond motifs is 1. The van der Waals surface area contributed by atoms with E-state index >= 15 is 4.39 Å². The van der Waals surface area contributed by atoms with Gasteiger partial charge in [-0.2, -0.15) is 18.3 Å². The molecule has 11 nitrogen and oxygen atoms in total. The van der Waals surface area contributed by atoms with Gasteiger partial charge in [-0.15, -0.1) is 0 Å². The molecule has 304 valence electrons. The van der Waals surface area contributed by atoms with Gasteiger partial charge in [0, 0.05) is 24.3 Å². The Bertz CT molecular complexity index is 2360. The average Bonchev–Trinajstić information content (AvgIpc) is 3.54. The van der Waals surface area contributed by atoms with Crippen molar-refractivity contribution in [2.75, 3.05) is 22.4 Å². The van der Waals surface area contributed by atoms with Crippen molar-refractivity contribution in [2.45, 2.75) is 84.5 Å². The van der Waals surface area contributed by atoms with Crippen LogP contribution >= 0.6 is 0 Å². The Morgan fingerprint density at radius 1 is 1.00 bits per heavy atom. The Labute approximate surface area is 327 Å². The Kier molecular flexibility index (Phi) is 12.1. The number of halogens is 5. The average molecular weight is 815 g/mol. The van der Waals surface area contributed by atoms with Crippen LogP contribution in [0.15, 0.2) is 66.7 Å². The first-order chi connectivity index (χ1) is 26.9. The lowest BCUT2D eigenvalue weighted by Gasteiger charge is -2.24. The fourth-order valence-corrected chi connectivity index (χ4v) is 7.07. The summed E-state index contributed by atoms with van der Waals surface area (Å²) >= 11 is 0. The molecule has 1 unspecified atom stereocenters. The van der Waals surface area contributed by atoms with Crippen molar-refractivity contribution in [3.05, 3.63) is 101 Å². The van der Waals surface area contributed by atoms with Crippen LogP contribution in [0.3, 0.4) is 0 Å². The number of sulfonamides is 1. The van der Waals surface area contributed by atoms with Crippen LogP contribution in [0.2, 0.25) is 0 Å². The molecular formula is C40H43F5N6O5S. The number of benzene rings is 3. The first kappa shape index (κ1) is 41.3. The minimum atomic E-state index is -4.72. The summed E-state index contributed by atoms with van der Waals surface area (Å²) in [5.41, 5.74) is -0.320. The summed E-state index contributed by atoms with van der Waals surface area (Å²) in [5.74, 6) is -2.93. The third-order valence-corrected chi connectivity index (χ3v) is 10.3. The first-order valence-corrected chi connectivity index (χ1v) is 20.0. The number of hydrogen-bond donors (Lipinski definition) is 3. The Morgan fingerprint density at radius 3 is 2.42 bits per heavy atom. The number of nitrogens with zero attached hydrogens (tertiary/aromatic N) is 3. The molecule has 1 saturated heterocycles. The molecule has 0 radical (unpaired) electrons. The zero-order valence-electron chi connectivity index (χ0n) is 31.8. The summed E-state index contributed by atoms with van der Waals surface area (Å²) in [7, 11) is -3.79. The van der Waals surface area contributed by atoms with Gasteiger partial charge in [0.05, 0.1) is 34.5 Å². The van der Waals surface area contributed by atoms with Crippen molar-refractivity contribution < 1.29 is 44.6 Å². The Morgan fingerprint density at radius 2 is 1.75 bits per heavy atom. The van der Waals surface area contributed by atoms with E-state index in [1.54, 1.807) is 51.1 Å². The van der Waals surface area contributed by atoms with E-state index in [9.17, 15) is 30.8 Å². The lowest BCUT2D eigenvalue weighted by molar-refractivity contribution is -0.127. The number of alkyl halides is 3. The molecule has 0 saturated carbocycles. The zero-order valence-corrected chi connectivity index (χ0v) is 32.6. The SMILES string of the molecule is CCS(=O)(=O)Nc1ccc(F)cc1CNc1nc(-c2cc(F)c(OCc3ccccc3)cc2CC(F)(F)F)cc2c1c(C(=O)NC(C)(C)C)nn2C1CCCCO1. The van der Waals surface area contributed by atoms with Crippen LogP contribution in [0.1, 0.15) is 80.4 Å². The Hall–Kier alpha value is -5.29. The highest BCUT2D eigenvalue weighted by molar-refractivity contribution is 7.92. The number of aromatic nitrogens is 3. The summed E-state index contributed by atoms with van der Waals surface area (Å²) in [5, 5.41) is 10.8. The maximum absolute atomic E-state index is 15.9. The number of hydrogen-bond acceptors (Lipinski definition) is 8. The second-order valence-corrected chi connectivity index (χ2v) is 16.7. The van der Waals surface area contributed by atoms with Gasteiger partial charge in [0.25, 0.3) is 5.91 Å². The van der Waals surface area contributed by atoms with Crippen LogP contribution in [-0.4, -0.2) is 53.2 Å². The molecule has 5 aromatic rings. The van der Waals surface area contributed by atoms with Gasteiger partial charge in [0.15, 0.2) is 23.5 Å². The monoisotopic (exact) mass is 814 g/mol. The van der Waals surface area contributed by atoms with Gasteiger partial charge in [-0.3, -0.25) is 9.52 Å². The summed E-state index contributed by atoms with van der Waals surface area (Å²) in [6.07, 6.45) is -4.80. The van der Waals surface area contributed by atoms with Crippen LogP contribution in [0.4, 0.5) is 33.5 Å². The predicted molar refractivity (Wildman–Crippen MR) is 206 cm³/mol. The third kappa shape index (κ3) is 10.4. The van der Waals surface area contributed by atoms with Crippen LogP contribution < -0.4 is 20.1 Å². The second-order valence-electron chi connectivity index (χ2n) is 14.7. The second kappa shape index (κ2) is 16.7. The number of pyridine rings is 1. The highest BCUT2D eigenvalue weighted by atomic mass is 32.2. The maximum atomic E-state index is 15.9. The van der Waals surface area contributed by atoms with E-state index in [1.165, 1.54) is 23.7 Å². The molecule has 1 fully saturated rings. The lowest BCUT2D eigenvalue weighted by Crippen LogP contribution is -2.41. The lowest BCUT2D eigenvalue weighted by atomic mass is 9.99. The fraction of sp³-hybridized carbons (Fsp3) is 0.375. The molecule has 17 heteroatoms. The van der Waals surface area contributed by atoms with Gasteiger partial charge in [0.1, 0.15) is 18.2 Å². The number of ether oxygens (including phenoxy) is 2. The number of amides is 1. The number of nitrogens with one attached hydrogen (secondary N) is 3. The van der Waals surface area contributed by atoms with Crippen molar-refractivity contribution >= 4 is 38.3 Å². The van der Waals surface area contributed by atoms with Crippen molar-refractivity contribution in [3.8, 4) is 17.0 Å². The molecule has 57 heavy (non-hydrogen) atoms. The smallest absolute Gasteiger partial charge is 0.393 e. The number of anilines is 2. The van der Waals surface area contributed by atoms with Crippen molar-refractivity contribution in [2.24, 2.45) is 0 Å². The van der Waals surface area contributed by atoms with E-state index < -0.39 is 57.7 Å². The highest BCUT2D eigenvalue weighted by Crippen LogP contribution is 2.39. The fourth-order valence-electron chi connectivity index (χ4n) is 6.39. The Balaban J connectivity index is 1.55. The molecule has 0 bridgehead atoms. The van der Waals surface area contributed by atoms with Crippen molar-refractivity contribution in [3.63, 3.8) is 0 Å². The van der Waals surface area contributed by atoms with E-state index in [0.29, 0.717) is 18.6 Å². The van der Waals surface area contributed by atoms with Gasteiger partial charge < -0.3 is 20.1 Å². The minimum Gasteiger partial charge on any atom is -0.486 e. The van der Waals surface area contributed by atoms with E-state index in [0.717, 1.165) is 37.1 Å². The van der Waals surface area contributed by atoms with Crippen LogP contribution in [0.5, 0.6) is 5.75 Å². The van der Waals surface area contributed by atoms with Gasteiger partial charge in [-0.05, 0) is 100 Å². The topological polar surface area (TPSA) is 136 Å². The molecule has 1 atom stereocenters. The molecular weight excluding hydrogens is 772 g/mol. The van der Waals surface area contributed by atoms with Crippen LogP contribution in [0, 0.1) is 11.6 Å². The molecule has 0 aliphatic carbocycles. The number of rotatable bonds is 13. The van der Waals surface area contributed by atoms with Gasteiger partial charge in [-0.1, -0.05) is 30.3 Å². The zero-order chi connectivity index (χ0) is 41.1. The molecule has 6 rings (SSSR count). The molecule has 3 heterocycles. The summed E-state index contributed by atoms with van der Waals surface area (Å²) < 4.78 is 114. The molecule has 2 aromatic heterocycles. The molecule has 3 N–H and O–H groups in total. The normalized spacial score (nSPS) is 15.1. The summed E-state index contributed by atoms with van der Waals surface area (Å²) in [6, 6.07) is 15.6. The summed E-state index contributed by atoms with van der Waals surface area (Å²) in [4.78, 5) is 18.6. The van der Waals surface area contributed by atoms with Gasteiger partial charge in [0.2, 0.25) is 10.0 Å². The quantitative estimate of drug-likeness (QED) is 0.101. The highest BCUT2D eigenvalue weighted by Gasteiger charge is 2.33. The third-order valence-electron chi connectivity index (χ3n) is 9.04. The van der Waals surface area contributed by atoms with Crippen molar-refractivity contribution in [1.82, 2.24) is 20.1 Å².